The van der Waals surface area contributed by atoms with Crippen molar-refractivity contribution >= 4 is 12.0 Å². The number of aromatic nitrogens is 2. The van der Waals surface area contributed by atoms with Gasteiger partial charge in [0.2, 0.25) is 5.91 Å². The predicted octanol–water partition coefficient (Wildman–Crippen LogP) is 2.13. The lowest BCUT2D eigenvalue weighted by molar-refractivity contribution is -0.124. The Morgan fingerprint density at radius 3 is 2.60 bits per heavy atom. The maximum absolute atomic E-state index is 12.8. The minimum absolute atomic E-state index is 0.0231. The molecular formula is C24H38N4O2. The van der Waals surface area contributed by atoms with Gasteiger partial charge in [0.1, 0.15) is 0 Å². The lowest BCUT2D eigenvalue weighted by atomic mass is 9.67. The van der Waals surface area contributed by atoms with Crippen molar-refractivity contribution in [3.05, 3.63) is 21.3 Å². The monoisotopic (exact) mass is 414 g/mol. The molecule has 0 radical (unpaired) electrons. The van der Waals surface area contributed by atoms with Gasteiger partial charge >= 0.3 is 5.69 Å². The molecule has 2 fully saturated rings. The van der Waals surface area contributed by atoms with Crippen molar-refractivity contribution in [2.45, 2.75) is 91.8 Å². The average molecular weight is 415 g/mol. The van der Waals surface area contributed by atoms with Gasteiger partial charge in [-0.2, -0.15) is 0 Å². The molecule has 1 aliphatic heterocycles. The molecule has 1 aromatic heterocycles. The molecule has 2 saturated carbocycles. The predicted molar refractivity (Wildman–Crippen MR) is 119 cm³/mol. The van der Waals surface area contributed by atoms with E-state index in [0.717, 1.165) is 49.4 Å². The molecule has 0 spiro atoms. The quantitative estimate of drug-likeness (QED) is 0.820. The number of nitrogens with zero attached hydrogens (tertiary/aromatic N) is 3. The van der Waals surface area contributed by atoms with Gasteiger partial charge in [-0.05, 0) is 55.3 Å². The third-order valence-electron chi connectivity index (χ3n) is 7.28. The number of nitrogens with one attached hydrogen (secondary N) is 1. The van der Waals surface area contributed by atoms with Crippen molar-refractivity contribution in [2.24, 2.45) is 34.7 Å². The molecule has 0 saturated heterocycles. The van der Waals surface area contributed by atoms with Gasteiger partial charge in [-0.15, -0.1) is 0 Å². The third-order valence-corrected chi connectivity index (χ3v) is 7.28. The van der Waals surface area contributed by atoms with E-state index < -0.39 is 0 Å². The van der Waals surface area contributed by atoms with Crippen molar-refractivity contribution in [1.82, 2.24) is 14.5 Å². The van der Waals surface area contributed by atoms with E-state index >= 15 is 0 Å². The van der Waals surface area contributed by atoms with Crippen LogP contribution < -0.4 is 21.8 Å². The van der Waals surface area contributed by atoms with Gasteiger partial charge in [-0.25, -0.2) is 4.79 Å². The first kappa shape index (κ1) is 21.4. The molecule has 0 bridgehead atoms. The molecule has 166 valence electrons. The van der Waals surface area contributed by atoms with Crippen LogP contribution in [0.2, 0.25) is 0 Å². The molecule has 1 amide bonds. The largest absolute Gasteiger partial charge is 0.353 e. The molecule has 3 unspecified atom stereocenters. The Bertz CT molecular complexity index is 1000. The highest BCUT2D eigenvalue weighted by atomic mass is 16.2. The van der Waals surface area contributed by atoms with E-state index in [1.807, 2.05) is 11.6 Å². The number of carbonyl (C=O) groups excluding carboxylic acids is 1. The first-order valence-electron chi connectivity index (χ1n) is 11.6. The molecule has 6 nitrogen and oxygen atoms in total. The normalized spacial score (nSPS) is 28.3. The van der Waals surface area contributed by atoms with Crippen molar-refractivity contribution < 1.29 is 4.79 Å². The van der Waals surface area contributed by atoms with Crippen LogP contribution in [0.1, 0.15) is 73.1 Å². The van der Waals surface area contributed by atoms with Crippen LogP contribution in [0.4, 0.5) is 0 Å². The highest BCUT2D eigenvalue weighted by Gasteiger charge is 2.42. The molecule has 0 aromatic carbocycles. The Hall–Kier alpha value is -1.85. The summed E-state index contributed by atoms with van der Waals surface area (Å²) in [6.07, 6.45) is 8.36. The number of carbonyl (C=O) groups is 1. The lowest BCUT2D eigenvalue weighted by Gasteiger charge is -2.44. The summed E-state index contributed by atoms with van der Waals surface area (Å²) >= 11 is 0. The van der Waals surface area contributed by atoms with Crippen LogP contribution in [-0.4, -0.2) is 27.1 Å². The van der Waals surface area contributed by atoms with Crippen molar-refractivity contribution in [1.29, 1.82) is 0 Å². The van der Waals surface area contributed by atoms with E-state index in [0.29, 0.717) is 12.5 Å². The smallest absolute Gasteiger partial charge is 0.330 e. The summed E-state index contributed by atoms with van der Waals surface area (Å²) in [4.78, 5) is 30.4. The van der Waals surface area contributed by atoms with Crippen LogP contribution in [0, 0.1) is 22.7 Å². The zero-order valence-corrected chi connectivity index (χ0v) is 19.5. The van der Waals surface area contributed by atoms with E-state index in [4.69, 9.17) is 4.99 Å². The van der Waals surface area contributed by atoms with E-state index in [9.17, 15) is 9.59 Å². The molecule has 4 rings (SSSR count). The maximum atomic E-state index is 12.8. The van der Waals surface area contributed by atoms with Gasteiger partial charge in [0.25, 0.3) is 0 Å². The fraction of sp³-hybridized carbons (Fsp3) is 0.792. The Morgan fingerprint density at radius 1 is 1.27 bits per heavy atom. The topological polar surface area (TPSA) is 68.4 Å². The second-order valence-corrected chi connectivity index (χ2v) is 11.7. The first-order chi connectivity index (χ1) is 14.0. The summed E-state index contributed by atoms with van der Waals surface area (Å²) in [5.41, 5.74) is 0.998. The lowest BCUT2D eigenvalue weighted by Crippen LogP contribution is -2.51. The van der Waals surface area contributed by atoms with E-state index in [-0.39, 0.29) is 40.4 Å². The number of hydrogen-bond donors (Lipinski definition) is 1. The highest BCUT2D eigenvalue weighted by Crippen LogP contribution is 2.41. The summed E-state index contributed by atoms with van der Waals surface area (Å²) in [6, 6.07) is 0.389. The van der Waals surface area contributed by atoms with Crippen LogP contribution in [0.25, 0.3) is 6.08 Å². The van der Waals surface area contributed by atoms with Crippen LogP contribution in [0.5, 0.6) is 0 Å². The van der Waals surface area contributed by atoms with E-state index in [2.05, 4.69) is 46.0 Å². The first-order valence-corrected chi connectivity index (χ1v) is 11.6. The van der Waals surface area contributed by atoms with Gasteiger partial charge < -0.3 is 5.32 Å². The molecule has 2 aliphatic carbocycles. The Balaban J connectivity index is 1.58. The Labute approximate surface area is 179 Å². The van der Waals surface area contributed by atoms with Gasteiger partial charge in [-0.3, -0.25) is 18.9 Å². The number of hydrogen-bond acceptors (Lipinski definition) is 3. The number of rotatable bonds is 4. The van der Waals surface area contributed by atoms with Crippen molar-refractivity contribution in [3.63, 3.8) is 0 Å². The summed E-state index contributed by atoms with van der Waals surface area (Å²) < 4.78 is 3.60. The van der Waals surface area contributed by atoms with Gasteiger partial charge in [-0.1, -0.05) is 40.7 Å². The Kier molecular flexibility index (Phi) is 5.26. The number of imidazole rings is 1. The second-order valence-electron chi connectivity index (χ2n) is 11.7. The zero-order chi connectivity index (χ0) is 21.8. The summed E-state index contributed by atoms with van der Waals surface area (Å²) in [6.45, 7) is 11.7. The Morgan fingerprint density at radius 2 is 1.97 bits per heavy atom. The van der Waals surface area contributed by atoms with E-state index in [1.165, 1.54) is 0 Å². The highest BCUT2D eigenvalue weighted by molar-refractivity contribution is 5.81. The zero-order valence-electron chi connectivity index (χ0n) is 19.5. The van der Waals surface area contributed by atoms with Crippen LogP contribution in [-0.2, 0) is 18.4 Å². The fourth-order valence-electron chi connectivity index (χ4n) is 5.10. The summed E-state index contributed by atoms with van der Waals surface area (Å²) in [7, 11) is 1.84. The molecule has 3 atom stereocenters. The van der Waals surface area contributed by atoms with E-state index in [1.54, 1.807) is 4.57 Å². The third kappa shape index (κ3) is 4.15. The maximum Gasteiger partial charge on any atom is 0.330 e. The molecule has 2 heterocycles. The van der Waals surface area contributed by atoms with Gasteiger partial charge in [0.15, 0.2) is 5.49 Å². The summed E-state index contributed by atoms with van der Waals surface area (Å²) in [5.74, 6) is 0.923. The standard InChI is InChI=1S/C24H38N4O2/c1-23(2,3)14-28-18-10-9-17(25-20(18)27(6)22(28)30)16-11-12-24(4,5)19(13-16)26-21(29)15-7-8-15/h10,15-17,19H,7-9,11-14H2,1-6H3,(H,26,29). The van der Waals surface area contributed by atoms with Crippen LogP contribution in [0.3, 0.4) is 0 Å². The minimum Gasteiger partial charge on any atom is -0.353 e. The van der Waals surface area contributed by atoms with Gasteiger partial charge in [0.05, 0.1) is 11.4 Å². The van der Waals surface area contributed by atoms with Crippen molar-refractivity contribution in [2.75, 3.05) is 0 Å². The fourth-order valence-corrected chi connectivity index (χ4v) is 5.10. The van der Waals surface area contributed by atoms with Gasteiger partial charge in [0, 0.05) is 25.6 Å². The molecule has 3 aliphatic rings. The minimum atomic E-state index is 0.0231. The molecule has 1 N–H and O–H groups in total. The average Bonchev–Trinajstić information content (AvgIpc) is 3.48. The second kappa shape index (κ2) is 7.38. The number of amides is 1. The molecular weight excluding hydrogens is 376 g/mol. The molecule has 30 heavy (non-hydrogen) atoms. The number of fused-ring (bicyclic) bond motifs is 1. The molecule has 6 heteroatoms. The van der Waals surface area contributed by atoms with Crippen LogP contribution >= 0.6 is 0 Å². The SMILES string of the molecule is Cn1c2c(n(CC(C)(C)C)c1=O)=CCC(C1CCC(C)(C)C(NC(=O)C3CC3)C1)N=2. The van der Waals surface area contributed by atoms with Crippen molar-refractivity contribution in [3.8, 4) is 0 Å². The van der Waals surface area contributed by atoms with Crippen LogP contribution in [0.15, 0.2) is 9.79 Å². The molecule has 1 aromatic rings. The summed E-state index contributed by atoms with van der Waals surface area (Å²) in [5, 5.41) is 4.33.